The Morgan fingerprint density at radius 3 is 2.52 bits per heavy atom. The second-order valence-corrected chi connectivity index (χ2v) is 6.67. The first-order valence-electron chi connectivity index (χ1n) is 8.65. The van der Waals surface area contributed by atoms with Gasteiger partial charge in [-0.1, -0.05) is 38.1 Å². The van der Waals surface area contributed by atoms with Crippen LogP contribution in [0.2, 0.25) is 0 Å². The summed E-state index contributed by atoms with van der Waals surface area (Å²) in [5, 5.41) is 3.54. The van der Waals surface area contributed by atoms with Gasteiger partial charge in [0.25, 0.3) is 0 Å². The minimum Gasteiger partial charge on any atom is -0.312 e. The molecule has 1 N–H and O–H groups in total. The van der Waals surface area contributed by atoms with E-state index in [1.165, 1.54) is 43.5 Å². The third kappa shape index (κ3) is 4.31. The maximum Gasteiger partial charge on any atom is 0.0473 e. The molecule has 0 aliphatic carbocycles. The van der Waals surface area contributed by atoms with Crippen LogP contribution < -0.4 is 5.32 Å². The summed E-state index contributed by atoms with van der Waals surface area (Å²) in [4.78, 5) is 2.68. The second-order valence-electron chi connectivity index (χ2n) is 6.67. The van der Waals surface area contributed by atoms with Gasteiger partial charge in [0.2, 0.25) is 0 Å². The van der Waals surface area contributed by atoms with Crippen molar-refractivity contribution >= 4 is 0 Å². The molecule has 1 aliphatic rings. The van der Waals surface area contributed by atoms with Gasteiger partial charge in [0.1, 0.15) is 0 Å². The number of likely N-dealkylation sites (tertiary alicyclic amines) is 1. The summed E-state index contributed by atoms with van der Waals surface area (Å²) >= 11 is 0. The molecule has 0 radical (unpaired) electrons. The van der Waals surface area contributed by atoms with E-state index in [1.54, 1.807) is 0 Å². The highest BCUT2D eigenvalue weighted by Crippen LogP contribution is 2.25. The molecule has 1 fully saturated rings. The molecule has 1 aromatic rings. The second kappa shape index (κ2) is 7.95. The molecular weight excluding hydrogens is 256 g/mol. The first kappa shape index (κ1) is 16.5. The molecule has 2 nitrogen and oxygen atoms in total. The molecule has 1 aromatic carbocycles. The number of aryl methyl sites for hydroxylation is 1. The summed E-state index contributed by atoms with van der Waals surface area (Å²) in [6.45, 7) is 9.48. The van der Waals surface area contributed by atoms with Crippen LogP contribution in [0.4, 0.5) is 0 Å². The number of benzene rings is 1. The molecule has 3 unspecified atom stereocenters. The summed E-state index contributed by atoms with van der Waals surface area (Å²) in [5.74, 6) is 0.888. The number of likely N-dealkylation sites (N-methyl/N-ethyl adjacent to an activating group) is 1. The smallest absolute Gasteiger partial charge is 0.0473 e. The molecule has 1 heterocycles. The van der Waals surface area contributed by atoms with Crippen molar-refractivity contribution in [1.82, 2.24) is 10.2 Å². The van der Waals surface area contributed by atoms with E-state index in [4.69, 9.17) is 0 Å². The van der Waals surface area contributed by atoms with Crippen LogP contribution in [0.15, 0.2) is 24.3 Å². The Kier molecular flexibility index (Phi) is 6.25. The maximum atomic E-state index is 3.54. The summed E-state index contributed by atoms with van der Waals surface area (Å²) in [7, 11) is 2.09. The van der Waals surface area contributed by atoms with Gasteiger partial charge in [-0.2, -0.15) is 0 Å². The lowest BCUT2D eigenvalue weighted by Gasteiger charge is -2.34. The van der Waals surface area contributed by atoms with Crippen LogP contribution in [0.5, 0.6) is 0 Å². The van der Waals surface area contributed by atoms with Gasteiger partial charge in [0, 0.05) is 12.1 Å². The van der Waals surface area contributed by atoms with E-state index in [2.05, 4.69) is 62.3 Å². The molecule has 3 atom stereocenters. The van der Waals surface area contributed by atoms with E-state index in [1.807, 2.05) is 0 Å². The van der Waals surface area contributed by atoms with Crippen molar-refractivity contribution in [2.75, 3.05) is 20.1 Å². The minimum atomic E-state index is 0.421. The highest BCUT2D eigenvalue weighted by atomic mass is 15.2. The van der Waals surface area contributed by atoms with Crippen molar-refractivity contribution in [3.05, 3.63) is 35.4 Å². The van der Waals surface area contributed by atoms with Gasteiger partial charge in [-0.05, 0) is 69.8 Å². The quantitative estimate of drug-likeness (QED) is 0.880. The van der Waals surface area contributed by atoms with Gasteiger partial charge < -0.3 is 5.32 Å². The van der Waals surface area contributed by atoms with E-state index >= 15 is 0 Å². The average Bonchev–Trinajstić information content (AvgIpc) is 2.73. The standard InChI is InChI=1S/C19H32N2/c1-5-17-8-10-18(11-9-17)19(20-4)16(3)21-13-6-7-15(2)12-14-21/h8-11,15-16,19-20H,5-7,12-14H2,1-4H3. The Bertz CT molecular complexity index is 412. The van der Waals surface area contributed by atoms with Crippen molar-refractivity contribution in [3.8, 4) is 0 Å². The predicted molar refractivity (Wildman–Crippen MR) is 91.7 cm³/mol. The normalized spacial score (nSPS) is 23.5. The van der Waals surface area contributed by atoms with Crippen LogP contribution in [-0.2, 0) is 6.42 Å². The zero-order chi connectivity index (χ0) is 15.2. The summed E-state index contributed by atoms with van der Waals surface area (Å²) in [6.07, 6.45) is 5.19. The molecule has 0 bridgehead atoms. The number of hydrogen-bond donors (Lipinski definition) is 1. The molecule has 0 spiro atoms. The van der Waals surface area contributed by atoms with Crippen molar-refractivity contribution in [1.29, 1.82) is 0 Å². The van der Waals surface area contributed by atoms with Crippen LogP contribution in [0.3, 0.4) is 0 Å². The van der Waals surface area contributed by atoms with Gasteiger partial charge in [-0.25, -0.2) is 0 Å². The Morgan fingerprint density at radius 1 is 1.19 bits per heavy atom. The highest BCUT2D eigenvalue weighted by molar-refractivity contribution is 5.26. The van der Waals surface area contributed by atoms with Crippen LogP contribution in [0.1, 0.15) is 57.2 Å². The van der Waals surface area contributed by atoms with Crippen LogP contribution in [0, 0.1) is 5.92 Å². The van der Waals surface area contributed by atoms with Crippen LogP contribution >= 0.6 is 0 Å². The summed E-state index contributed by atoms with van der Waals surface area (Å²) in [6, 6.07) is 10.1. The Morgan fingerprint density at radius 2 is 1.90 bits per heavy atom. The lowest BCUT2D eigenvalue weighted by Crippen LogP contribution is -2.42. The van der Waals surface area contributed by atoms with Crippen LogP contribution in [0.25, 0.3) is 0 Å². The SMILES string of the molecule is CCc1ccc(C(NC)C(C)N2CCCC(C)CC2)cc1. The summed E-state index contributed by atoms with van der Waals surface area (Å²) < 4.78 is 0. The zero-order valence-corrected chi connectivity index (χ0v) is 14.2. The Labute approximate surface area is 130 Å². The molecule has 21 heavy (non-hydrogen) atoms. The monoisotopic (exact) mass is 288 g/mol. The van der Waals surface area contributed by atoms with E-state index in [0.717, 1.165) is 12.3 Å². The number of nitrogens with one attached hydrogen (secondary N) is 1. The lowest BCUT2D eigenvalue weighted by atomic mass is 9.97. The van der Waals surface area contributed by atoms with Gasteiger partial charge in [0.15, 0.2) is 0 Å². The first-order chi connectivity index (χ1) is 10.2. The van der Waals surface area contributed by atoms with Crippen molar-refractivity contribution in [3.63, 3.8) is 0 Å². The predicted octanol–water partition coefficient (Wildman–Crippen LogP) is 4.02. The van der Waals surface area contributed by atoms with Gasteiger partial charge >= 0.3 is 0 Å². The molecule has 2 heteroatoms. The van der Waals surface area contributed by atoms with Crippen LogP contribution in [-0.4, -0.2) is 31.1 Å². The molecule has 0 aromatic heterocycles. The number of nitrogens with zero attached hydrogens (tertiary/aromatic N) is 1. The third-order valence-electron chi connectivity index (χ3n) is 5.17. The molecule has 118 valence electrons. The number of rotatable bonds is 5. The molecule has 1 saturated heterocycles. The Balaban J connectivity index is 2.07. The fraction of sp³-hybridized carbons (Fsp3) is 0.684. The highest BCUT2D eigenvalue weighted by Gasteiger charge is 2.25. The van der Waals surface area contributed by atoms with E-state index in [-0.39, 0.29) is 0 Å². The van der Waals surface area contributed by atoms with Gasteiger partial charge in [-0.3, -0.25) is 4.90 Å². The largest absolute Gasteiger partial charge is 0.312 e. The van der Waals surface area contributed by atoms with Gasteiger partial charge in [-0.15, -0.1) is 0 Å². The maximum absolute atomic E-state index is 3.54. The van der Waals surface area contributed by atoms with Crippen molar-refractivity contribution in [2.45, 2.75) is 58.5 Å². The van der Waals surface area contributed by atoms with E-state index in [0.29, 0.717) is 12.1 Å². The fourth-order valence-corrected chi connectivity index (χ4v) is 3.55. The average molecular weight is 288 g/mol. The third-order valence-corrected chi connectivity index (χ3v) is 5.17. The summed E-state index contributed by atoms with van der Waals surface area (Å²) in [5.41, 5.74) is 2.84. The zero-order valence-electron chi connectivity index (χ0n) is 14.2. The van der Waals surface area contributed by atoms with Crippen molar-refractivity contribution in [2.24, 2.45) is 5.92 Å². The molecular formula is C19H32N2. The molecule has 2 rings (SSSR count). The van der Waals surface area contributed by atoms with E-state index in [9.17, 15) is 0 Å². The molecule has 0 saturated carbocycles. The number of hydrogen-bond acceptors (Lipinski definition) is 2. The Hall–Kier alpha value is -0.860. The fourth-order valence-electron chi connectivity index (χ4n) is 3.55. The minimum absolute atomic E-state index is 0.421. The topological polar surface area (TPSA) is 15.3 Å². The van der Waals surface area contributed by atoms with E-state index < -0.39 is 0 Å². The molecule has 1 aliphatic heterocycles. The molecule has 0 amide bonds. The van der Waals surface area contributed by atoms with Crippen molar-refractivity contribution < 1.29 is 0 Å². The first-order valence-corrected chi connectivity index (χ1v) is 8.65. The lowest BCUT2D eigenvalue weighted by molar-refractivity contribution is 0.177. The van der Waals surface area contributed by atoms with Gasteiger partial charge in [0.05, 0.1) is 0 Å².